The number of amides is 1. The standard InChI is InChI=1S/C19H28N4O4/c1-10(2)7-13(19(26)27-6)9-20-15(24)8-14-11(3)16-17(21-12(14)4)23(5)22-18(16)25/h10,13H,7-9H2,1-6H3,(H,20,24)(H,22,25)/t13-/m1/s1. The van der Waals surface area contributed by atoms with E-state index in [1.54, 1.807) is 11.7 Å². The molecule has 2 heterocycles. The van der Waals surface area contributed by atoms with Crippen LogP contribution < -0.4 is 10.9 Å². The molecule has 0 saturated carbocycles. The lowest BCUT2D eigenvalue weighted by Crippen LogP contribution is -2.35. The van der Waals surface area contributed by atoms with Gasteiger partial charge in [-0.05, 0) is 37.3 Å². The number of hydrogen-bond donors (Lipinski definition) is 2. The predicted molar refractivity (Wildman–Crippen MR) is 102 cm³/mol. The van der Waals surface area contributed by atoms with Gasteiger partial charge < -0.3 is 10.1 Å². The van der Waals surface area contributed by atoms with Gasteiger partial charge in [-0.2, -0.15) is 0 Å². The monoisotopic (exact) mass is 376 g/mol. The molecule has 2 N–H and O–H groups in total. The molecule has 0 spiro atoms. The Morgan fingerprint density at radius 3 is 2.56 bits per heavy atom. The van der Waals surface area contributed by atoms with Crippen molar-refractivity contribution in [3.05, 3.63) is 27.2 Å². The fourth-order valence-electron chi connectivity index (χ4n) is 3.37. The minimum absolute atomic E-state index is 0.102. The lowest BCUT2D eigenvalue weighted by Gasteiger charge is -2.18. The third kappa shape index (κ3) is 4.56. The number of nitrogens with one attached hydrogen (secondary N) is 2. The van der Waals surface area contributed by atoms with E-state index in [1.807, 2.05) is 27.7 Å². The maximum absolute atomic E-state index is 12.5. The lowest BCUT2D eigenvalue weighted by molar-refractivity contribution is -0.145. The number of aromatic nitrogens is 3. The number of H-pyrrole nitrogens is 1. The second-order valence-electron chi connectivity index (χ2n) is 7.33. The second-order valence-corrected chi connectivity index (χ2v) is 7.33. The normalized spacial score (nSPS) is 12.4. The van der Waals surface area contributed by atoms with E-state index in [0.29, 0.717) is 29.1 Å². The van der Waals surface area contributed by atoms with E-state index in [-0.39, 0.29) is 36.3 Å². The Hall–Kier alpha value is -2.64. The van der Waals surface area contributed by atoms with Crippen LogP contribution in [0.4, 0.5) is 0 Å². The first-order chi connectivity index (χ1) is 12.6. The van der Waals surface area contributed by atoms with Gasteiger partial charge in [-0.15, -0.1) is 0 Å². The van der Waals surface area contributed by atoms with Gasteiger partial charge in [-0.3, -0.25) is 24.2 Å². The van der Waals surface area contributed by atoms with Gasteiger partial charge in [-0.1, -0.05) is 13.8 Å². The van der Waals surface area contributed by atoms with Crippen LogP contribution in [0.25, 0.3) is 11.0 Å². The van der Waals surface area contributed by atoms with E-state index in [9.17, 15) is 14.4 Å². The van der Waals surface area contributed by atoms with Crippen molar-refractivity contribution in [3.8, 4) is 0 Å². The zero-order chi connectivity index (χ0) is 20.3. The van der Waals surface area contributed by atoms with Crippen molar-refractivity contribution in [2.45, 2.75) is 40.5 Å². The zero-order valence-corrected chi connectivity index (χ0v) is 16.8. The number of nitrogens with zero attached hydrogens (tertiary/aromatic N) is 2. The van der Waals surface area contributed by atoms with Crippen LogP contribution in [0, 0.1) is 25.7 Å². The van der Waals surface area contributed by atoms with E-state index in [2.05, 4.69) is 15.4 Å². The molecule has 0 aliphatic carbocycles. The second kappa shape index (κ2) is 8.37. The summed E-state index contributed by atoms with van der Waals surface area (Å²) in [5, 5.41) is 6.00. The number of ether oxygens (including phenoxy) is 1. The van der Waals surface area contributed by atoms with Crippen LogP contribution in [-0.2, 0) is 27.8 Å². The molecule has 0 aliphatic heterocycles. The number of pyridine rings is 1. The Balaban J connectivity index is 2.17. The molecule has 0 aliphatic rings. The number of rotatable bonds is 7. The van der Waals surface area contributed by atoms with E-state index in [0.717, 1.165) is 11.1 Å². The third-order valence-corrected chi connectivity index (χ3v) is 4.75. The van der Waals surface area contributed by atoms with Crippen molar-refractivity contribution < 1.29 is 14.3 Å². The highest BCUT2D eigenvalue weighted by Crippen LogP contribution is 2.20. The Labute approximate surface area is 158 Å². The van der Waals surface area contributed by atoms with Gasteiger partial charge in [0.1, 0.15) is 0 Å². The molecule has 1 amide bonds. The van der Waals surface area contributed by atoms with Crippen molar-refractivity contribution in [2.24, 2.45) is 18.9 Å². The molecule has 0 bridgehead atoms. The zero-order valence-electron chi connectivity index (χ0n) is 16.8. The number of aryl methyl sites for hydroxylation is 3. The smallest absolute Gasteiger partial charge is 0.310 e. The number of hydrogen-bond acceptors (Lipinski definition) is 5. The number of carbonyl (C=O) groups is 2. The average molecular weight is 376 g/mol. The molecule has 0 unspecified atom stereocenters. The van der Waals surface area contributed by atoms with Crippen molar-refractivity contribution in [2.75, 3.05) is 13.7 Å². The molecule has 1 atom stereocenters. The Kier molecular flexibility index (Phi) is 6.41. The molecule has 148 valence electrons. The maximum atomic E-state index is 12.5. The minimum Gasteiger partial charge on any atom is -0.469 e. The number of carbonyl (C=O) groups excluding carboxylic acids is 2. The summed E-state index contributed by atoms with van der Waals surface area (Å²) in [6.45, 7) is 7.91. The Morgan fingerprint density at radius 1 is 1.30 bits per heavy atom. The molecular weight excluding hydrogens is 348 g/mol. The quantitative estimate of drug-likeness (QED) is 0.710. The van der Waals surface area contributed by atoms with Crippen LogP contribution in [0.1, 0.15) is 37.1 Å². The third-order valence-electron chi connectivity index (χ3n) is 4.75. The summed E-state index contributed by atoms with van der Waals surface area (Å²) in [6.07, 6.45) is 0.739. The SMILES string of the molecule is COC(=O)[C@@H](CNC(=O)Cc1c(C)nc2c(c1C)c(=O)[nH]n2C)CC(C)C. The number of fused-ring (bicyclic) bond motifs is 1. The van der Waals surface area contributed by atoms with E-state index in [1.165, 1.54) is 7.11 Å². The number of esters is 1. The van der Waals surface area contributed by atoms with Gasteiger partial charge in [0.25, 0.3) is 5.56 Å². The van der Waals surface area contributed by atoms with Crippen molar-refractivity contribution >= 4 is 22.9 Å². The first kappa shape index (κ1) is 20.7. The summed E-state index contributed by atoms with van der Waals surface area (Å²) in [5.74, 6) is -0.603. The van der Waals surface area contributed by atoms with Crippen LogP contribution in [0.5, 0.6) is 0 Å². The van der Waals surface area contributed by atoms with Crippen LogP contribution in [0.3, 0.4) is 0 Å². The van der Waals surface area contributed by atoms with Gasteiger partial charge in [0, 0.05) is 19.3 Å². The Morgan fingerprint density at radius 2 is 1.96 bits per heavy atom. The first-order valence-corrected chi connectivity index (χ1v) is 9.05. The number of methoxy groups -OCH3 is 1. The molecule has 0 radical (unpaired) electrons. The molecule has 2 aromatic rings. The maximum Gasteiger partial charge on any atom is 0.310 e. The molecule has 0 fully saturated rings. The van der Waals surface area contributed by atoms with E-state index in [4.69, 9.17) is 4.74 Å². The average Bonchev–Trinajstić information content (AvgIpc) is 2.88. The number of aromatic amines is 1. The van der Waals surface area contributed by atoms with Gasteiger partial charge in [0.2, 0.25) is 5.91 Å². The van der Waals surface area contributed by atoms with Gasteiger partial charge in [-0.25, -0.2) is 4.98 Å². The lowest BCUT2D eigenvalue weighted by atomic mass is 9.97. The van der Waals surface area contributed by atoms with Gasteiger partial charge in [0.15, 0.2) is 5.65 Å². The van der Waals surface area contributed by atoms with Crippen LogP contribution in [-0.4, -0.2) is 40.3 Å². The van der Waals surface area contributed by atoms with Crippen molar-refractivity contribution in [3.63, 3.8) is 0 Å². The van der Waals surface area contributed by atoms with E-state index >= 15 is 0 Å². The summed E-state index contributed by atoms with van der Waals surface area (Å²) in [6, 6.07) is 0. The molecular formula is C19H28N4O4. The highest BCUT2D eigenvalue weighted by Gasteiger charge is 2.22. The van der Waals surface area contributed by atoms with Crippen molar-refractivity contribution in [1.82, 2.24) is 20.1 Å². The molecule has 2 aromatic heterocycles. The summed E-state index contributed by atoms with van der Waals surface area (Å²) < 4.78 is 6.40. The molecule has 8 heteroatoms. The summed E-state index contributed by atoms with van der Waals surface area (Å²) in [7, 11) is 3.08. The fraction of sp³-hybridized carbons (Fsp3) is 0.579. The first-order valence-electron chi connectivity index (χ1n) is 9.05. The molecule has 27 heavy (non-hydrogen) atoms. The summed E-state index contributed by atoms with van der Waals surface area (Å²) in [5.41, 5.74) is 2.54. The molecule has 0 saturated heterocycles. The molecule has 8 nitrogen and oxygen atoms in total. The highest BCUT2D eigenvalue weighted by atomic mass is 16.5. The molecule has 0 aromatic carbocycles. The molecule has 2 rings (SSSR count). The fourth-order valence-corrected chi connectivity index (χ4v) is 3.37. The largest absolute Gasteiger partial charge is 0.469 e. The highest BCUT2D eigenvalue weighted by molar-refractivity contribution is 5.85. The summed E-state index contributed by atoms with van der Waals surface area (Å²) in [4.78, 5) is 40.9. The van der Waals surface area contributed by atoms with Crippen LogP contribution in [0.2, 0.25) is 0 Å². The predicted octanol–water partition coefficient (Wildman–Crippen LogP) is 1.37. The topological polar surface area (TPSA) is 106 Å². The van der Waals surface area contributed by atoms with Gasteiger partial charge >= 0.3 is 5.97 Å². The van der Waals surface area contributed by atoms with Gasteiger partial charge in [0.05, 0.1) is 24.8 Å². The van der Waals surface area contributed by atoms with Crippen LogP contribution >= 0.6 is 0 Å². The minimum atomic E-state index is -0.376. The van der Waals surface area contributed by atoms with Crippen molar-refractivity contribution in [1.29, 1.82) is 0 Å². The van der Waals surface area contributed by atoms with E-state index < -0.39 is 0 Å². The summed E-state index contributed by atoms with van der Waals surface area (Å²) >= 11 is 0. The Bertz CT molecular complexity index is 911. The van der Waals surface area contributed by atoms with Crippen LogP contribution in [0.15, 0.2) is 4.79 Å².